The highest BCUT2D eigenvalue weighted by Crippen LogP contribution is 2.18. The third-order valence-electron chi connectivity index (χ3n) is 4.99. The van der Waals surface area contributed by atoms with Crippen LogP contribution in [0.25, 0.3) is 0 Å². The Morgan fingerprint density at radius 2 is 1.88 bits per heavy atom. The molecule has 1 atom stereocenters. The van der Waals surface area contributed by atoms with Crippen LogP contribution >= 0.6 is 11.3 Å². The summed E-state index contributed by atoms with van der Waals surface area (Å²) in [5.41, 5.74) is 1.29. The molecule has 0 aliphatic carbocycles. The van der Waals surface area contributed by atoms with E-state index >= 15 is 0 Å². The smallest absolute Gasteiger partial charge is 0.214 e. The SMILES string of the molecule is C[NH+]1CC[NH+]([C@@H](c2ccccc2)c2nnnn2Cc2cccs2)CC1. The molecule has 0 saturated carbocycles. The first kappa shape index (κ1) is 16.4. The van der Waals surface area contributed by atoms with Crippen LogP contribution in [0.4, 0.5) is 0 Å². The molecule has 6 nitrogen and oxygen atoms in total. The van der Waals surface area contributed by atoms with Crippen molar-refractivity contribution in [1.82, 2.24) is 20.2 Å². The van der Waals surface area contributed by atoms with E-state index in [-0.39, 0.29) is 6.04 Å². The molecule has 0 radical (unpaired) electrons. The summed E-state index contributed by atoms with van der Waals surface area (Å²) in [7, 11) is 2.27. The molecule has 1 saturated heterocycles. The Bertz CT molecular complexity index is 777. The van der Waals surface area contributed by atoms with Gasteiger partial charge >= 0.3 is 0 Å². The van der Waals surface area contributed by atoms with Crippen molar-refractivity contribution in [2.75, 3.05) is 33.2 Å². The molecule has 130 valence electrons. The molecule has 7 heteroatoms. The van der Waals surface area contributed by atoms with Crippen LogP contribution in [0.5, 0.6) is 0 Å². The average molecular weight is 356 g/mol. The summed E-state index contributed by atoms with van der Waals surface area (Å²) in [4.78, 5) is 4.44. The second kappa shape index (κ2) is 7.43. The highest BCUT2D eigenvalue weighted by atomic mass is 32.1. The molecule has 3 heterocycles. The maximum atomic E-state index is 4.45. The van der Waals surface area contributed by atoms with Gasteiger partial charge in [0.05, 0.1) is 13.6 Å². The lowest BCUT2D eigenvalue weighted by Gasteiger charge is -2.32. The predicted octanol–water partition coefficient (Wildman–Crippen LogP) is -0.714. The Morgan fingerprint density at radius 1 is 1.08 bits per heavy atom. The minimum absolute atomic E-state index is 0.185. The molecule has 1 aliphatic heterocycles. The zero-order chi connectivity index (χ0) is 17.1. The number of tetrazole rings is 1. The van der Waals surface area contributed by atoms with Crippen LogP contribution in [0.1, 0.15) is 22.3 Å². The van der Waals surface area contributed by atoms with Crippen LogP contribution in [0, 0.1) is 0 Å². The largest absolute Gasteiger partial charge is 0.328 e. The summed E-state index contributed by atoms with van der Waals surface area (Å²) in [5, 5.41) is 14.8. The average Bonchev–Trinajstić information content (AvgIpc) is 3.31. The lowest BCUT2D eigenvalue weighted by molar-refractivity contribution is -1.02. The summed E-state index contributed by atoms with van der Waals surface area (Å²) in [6, 6.07) is 15.1. The first-order valence-corrected chi connectivity index (χ1v) is 9.68. The molecule has 3 aromatic rings. The van der Waals surface area contributed by atoms with E-state index in [4.69, 9.17) is 0 Å². The van der Waals surface area contributed by atoms with Gasteiger partial charge in [-0.3, -0.25) is 0 Å². The van der Waals surface area contributed by atoms with Crippen molar-refractivity contribution in [2.24, 2.45) is 0 Å². The van der Waals surface area contributed by atoms with Gasteiger partial charge in [0.1, 0.15) is 26.2 Å². The molecule has 2 N–H and O–H groups in total. The van der Waals surface area contributed by atoms with Crippen molar-refractivity contribution in [3.63, 3.8) is 0 Å². The number of hydrogen-bond acceptors (Lipinski definition) is 4. The van der Waals surface area contributed by atoms with Gasteiger partial charge in [0, 0.05) is 10.4 Å². The molecule has 0 amide bonds. The number of likely N-dealkylation sites (N-methyl/N-ethyl adjacent to an activating group) is 1. The molecule has 25 heavy (non-hydrogen) atoms. The Morgan fingerprint density at radius 3 is 2.60 bits per heavy atom. The summed E-state index contributed by atoms with van der Waals surface area (Å²) in [5.74, 6) is 0.967. The molecule has 2 aromatic heterocycles. The van der Waals surface area contributed by atoms with Crippen molar-refractivity contribution in [1.29, 1.82) is 0 Å². The number of thiophene rings is 1. The highest BCUT2D eigenvalue weighted by Gasteiger charge is 2.34. The van der Waals surface area contributed by atoms with Crippen LogP contribution in [-0.4, -0.2) is 53.4 Å². The zero-order valence-corrected chi connectivity index (χ0v) is 15.2. The molecule has 0 bridgehead atoms. The van der Waals surface area contributed by atoms with Crippen molar-refractivity contribution in [3.8, 4) is 0 Å². The Kier molecular flexibility index (Phi) is 4.87. The van der Waals surface area contributed by atoms with E-state index in [0.717, 1.165) is 25.5 Å². The predicted molar refractivity (Wildman–Crippen MR) is 96.8 cm³/mol. The van der Waals surface area contributed by atoms with E-state index in [1.807, 2.05) is 4.68 Å². The number of quaternary nitrogens is 2. The Hall–Kier alpha value is -2.09. The Balaban J connectivity index is 1.68. The molecule has 1 fully saturated rings. The topological polar surface area (TPSA) is 52.5 Å². The monoisotopic (exact) mass is 356 g/mol. The van der Waals surface area contributed by atoms with Gasteiger partial charge < -0.3 is 9.80 Å². The fourth-order valence-electron chi connectivity index (χ4n) is 3.58. The normalized spacial score (nSPS) is 22.0. The summed E-state index contributed by atoms with van der Waals surface area (Å²) >= 11 is 1.75. The van der Waals surface area contributed by atoms with E-state index in [2.05, 4.69) is 70.4 Å². The van der Waals surface area contributed by atoms with Gasteiger partial charge in [0.25, 0.3) is 0 Å². The first-order chi connectivity index (χ1) is 12.3. The number of piperazine rings is 1. The lowest BCUT2D eigenvalue weighted by Crippen LogP contribution is -3.27. The van der Waals surface area contributed by atoms with Crippen molar-refractivity contribution in [3.05, 3.63) is 64.1 Å². The third-order valence-corrected chi connectivity index (χ3v) is 5.85. The molecular formula is C18H24N6S+2. The van der Waals surface area contributed by atoms with E-state index < -0.39 is 0 Å². The van der Waals surface area contributed by atoms with E-state index in [9.17, 15) is 0 Å². The van der Waals surface area contributed by atoms with Crippen LogP contribution in [0.2, 0.25) is 0 Å². The number of nitrogens with one attached hydrogen (secondary N) is 2. The van der Waals surface area contributed by atoms with Gasteiger partial charge in [-0.05, 0) is 21.9 Å². The second-order valence-corrected chi connectivity index (χ2v) is 7.77. The van der Waals surface area contributed by atoms with Gasteiger partial charge in [-0.1, -0.05) is 36.4 Å². The fourth-order valence-corrected chi connectivity index (χ4v) is 4.27. The van der Waals surface area contributed by atoms with Crippen LogP contribution in [0.3, 0.4) is 0 Å². The quantitative estimate of drug-likeness (QED) is 0.635. The van der Waals surface area contributed by atoms with Gasteiger partial charge in [-0.15, -0.1) is 16.4 Å². The maximum absolute atomic E-state index is 4.45. The zero-order valence-electron chi connectivity index (χ0n) is 14.4. The first-order valence-electron chi connectivity index (χ1n) is 8.80. The van der Waals surface area contributed by atoms with Gasteiger partial charge in [0.15, 0.2) is 6.04 Å². The van der Waals surface area contributed by atoms with Crippen LogP contribution < -0.4 is 9.80 Å². The minimum atomic E-state index is 0.185. The number of benzene rings is 1. The van der Waals surface area contributed by atoms with Crippen molar-refractivity contribution >= 4 is 11.3 Å². The standard InChI is InChI=1S/C18H22N6S/c1-22-9-11-23(12-10-22)17(15-6-3-2-4-7-15)18-19-20-21-24(18)14-16-8-5-13-25-16/h2-8,13,17H,9-12,14H2,1H3/p+2/t17-/m0/s1. The molecule has 1 aliphatic rings. The van der Waals surface area contributed by atoms with Gasteiger partial charge in [0.2, 0.25) is 5.82 Å². The van der Waals surface area contributed by atoms with E-state index in [0.29, 0.717) is 0 Å². The van der Waals surface area contributed by atoms with Gasteiger partial charge in [-0.25, -0.2) is 4.68 Å². The molecule has 0 unspecified atom stereocenters. The minimum Gasteiger partial charge on any atom is -0.328 e. The highest BCUT2D eigenvalue weighted by molar-refractivity contribution is 7.09. The van der Waals surface area contributed by atoms with Gasteiger partial charge in [-0.2, -0.15) is 0 Å². The molecular weight excluding hydrogens is 332 g/mol. The lowest BCUT2D eigenvalue weighted by atomic mass is 10.0. The number of nitrogens with zero attached hydrogens (tertiary/aromatic N) is 4. The Labute approximate surface area is 151 Å². The third kappa shape index (κ3) is 3.63. The molecule has 1 aromatic carbocycles. The number of rotatable bonds is 5. The summed E-state index contributed by atoms with van der Waals surface area (Å²) in [6.07, 6.45) is 0. The summed E-state index contributed by atoms with van der Waals surface area (Å²) in [6.45, 7) is 5.38. The molecule has 0 spiro atoms. The second-order valence-electron chi connectivity index (χ2n) is 6.73. The van der Waals surface area contributed by atoms with Crippen molar-refractivity contribution in [2.45, 2.75) is 12.6 Å². The van der Waals surface area contributed by atoms with E-state index in [1.165, 1.54) is 23.5 Å². The van der Waals surface area contributed by atoms with Crippen LogP contribution in [0.15, 0.2) is 47.8 Å². The van der Waals surface area contributed by atoms with Crippen molar-refractivity contribution < 1.29 is 9.80 Å². The van der Waals surface area contributed by atoms with Crippen LogP contribution in [-0.2, 0) is 6.54 Å². The summed E-state index contributed by atoms with van der Waals surface area (Å²) < 4.78 is 1.97. The maximum Gasteiger partial charge on any atom is 0.214 e. The van der Waals surface area contributed by atoms with E-state index in [1.54, 1.807) is 21.1 Å². The molecule has 4 rings (SSSR count). The fraction of sp³-hybridized carbons (Fsp3) is 0.389. The number of aromatic nitrogens is 4. The number of hydrogen-bond donors (Lipinski definition) is 2.